The Morgan fingerprint density at radius 2 is 2.05 bits per heavy atom. The Bertz CT molecular complexity index is 622. The summed E-state index contributed by atoms with van der Waals surface area (Å²) in [5.41, 5.74) is 2.69. The molecule has 0 radical (unpaired) electrons. The lowest BCUT2D eigenvalue weighted by molar-refractivity contribution is 0.0697. The summed E-state index contributed by atoms with van der Waals surface area (Å²) in [7, 11) is 0. The quantitative estimate of drug-likeness (QED) is 0.898. The van der Waals surface area contributed by atoms with Crippen LogP contribution in [0.3, 0.4) is 0 Å². The molecular weight excluding hydrogens is 262 g/mol. The van der Waals surface area contributed by atoms with E-state index in [1.54, 1.807) is 24.3 Å². The molecule has 0 atom stereocenters. The molecule has 0 spiro atoms. The lowest BCUT2D eigenvalue weighted by Crippen LogP contribution is -2.11. The van der Waals surface area contributed by atoms with Gasteiger partial charge in [-0.05, 0) is 32.4 Å². The molecule has 0 saturated heterocycles. The van der Waals surface area contributed by atoms with Crippen molar-refractivity contribution in [1.82, 2.24) is 9.97 Å². The molecular formula is C13H15N3O2S. The summed E-state index contributed by atoms with van der Waals surface area (Å²) in [6.45, 7) is 6.03. The van der Waals surface area contributed by atoms with Gasteiger partial charge in [0.15, 0.2) is 0 Å². The average Bonchev–Trinajstić information content (AvgIpc) is 2.71. The van der Waals surface area contributed by atoms with Crippen LogP contribution in [0.15, 0.2) is 11.4 Å². The maximum atomic E-state index is 11.3. The number of aromatic nitrogens is 2. The molecule has 0 amide bonds. The molecule has 0 aromatic carbocycles. The highest BCUT2D eigenvalue weighted by atomic mass is 32.1. The predicted octanol–water partition coefficient (Wildman–Crippen LogP) is 2.77. The standard InChI is InChI=1S/C13H15N3O2S/c1-7-4-8(2)16-12(11(7)13(17)18)14-5-10-15-9(3)6-19-10/h4,6H,5H2,1-3H3,(H,14,16)(H,17,18). The fourth-order valence-electron chi connectivity index (χ4n) is 1.88. The molecule has 2 rings (SSSR count). The van der Waals surface area contributed by atoms with Gasteiger partial charge in [0.2, 0.25) is 0 Å². The molecule has 6 heteroatoms. The highest BCUT2D eigenvalue weighted by Crippen LogP contribution is 2.20. The minimum Gasteiger partial charge on any atom is -0.478 e. The summed E-state index contributed by atoms with van der Waals surface area (Å²) >= 11 is 1.54. The Morgan fingerprint density at radius 3 is 2.63 bits per heavy atom. The zero-order chi connectivity index (χ0) is 14.0. The van der Waals surface area contributed by atoms with E-state index in [0.29, 0.717) is 17.9 Å². The molecule has 0 fully saturated rings. The van der Waals surface area contributed by atoms with E-state index in [4.69, 9.17) is 0 Å². The van der Waals surface area contributed by atoms with Crippen molar-refractivity contribution < 1.29 is 9.90 Å². The van der Waals surface area contributed by atoms with Crippen LogP contribution in [0.1, 0.15) is 32.3 Å². The van der Waals surface area contributed by atoms with Crippen LogP contribution < -0.4 is 5.32 Å². The van der Waals surface area contributed by atoms with Gasteiger partial charge in [0, 0.05) is 16.8 Å². The minimum absolute atomic E-state index is 0.221. The number of carboxylic acid groups (broad SMARTS) is 1. The van der Waals surface area contributed by atoms with Crippen LogP contribution in [0.5, 0.6) is 0 Å². The van der Waals surface area contributed by atoms with Crippen molar-refractivity contribution in [3.63, 3.8) is 0 Å². The van der Waals surface area contributed by atoms with E-state index in [2.05, 4.69) is 15.3 Å². The van der Waals surface area contributed by atoms with Gasteiger partial charge in [-0.15, -0.1) is 11.3 Å². The normalized spacial score (nSPS) is 10.5. The van der Waals surface area contributed by atoms with Gasteiger partial charge in [-0.3, -0.25) is 0 Å². The fraction of sp³-hybridized carbons (Fsp3) is 0.308. The second-order valence-corrected chi connectivity index (χ2v) is 5.29. The zero-order valence-electron chi connectivity index (χ0n) is 11.0. The van der Waals surface area contributed by atoms with Gasteiger partial charge in [0.1, 0.15) is 16.4 Å². The first kappa shape index (κ1) is 13.5. The van der Waals surface area contributed by atoms with Crippen molar-refractivity contribution in [2.75, 3.05) is 5.32 Å². The van der Waals surface area contributed by atoms with Gasteiger partial charge in [-0.2, -0.15) is 0 Å². The lowest BCUT2D eigenvalue weighted by Gasteiger charge is -2.10. The molecule has 5 nitrogen and oxygen atoms in total. The van der Waals surface area contributed by atoms with Crippen LogP contribution in [-0.4, -0.2) is 21.0 Å². The lowest BCUT2D eigenvalue weighted by atomic mass is 10.1. The first-order valence-corrected chi connectivity index (χ1v) is 6.71. The van der Waals surface area contributed by atoms with E-state index in [1.165, 1.54) is 0 Å². The maximum Gasteiger partial charge on any atom is 0.339 e. The van der Waals surface area contributed by atoms with E-state index in [0.717, 1.165) is 16.4 Å². The summed E-state index contributed by atoms with van der Waals surface area (Å²) in [6, 6.07) is 1.77. The molecule has 2 aromatic rings. The maximum absolute atomic E-state index is 11.3. The highest BCUT2D eigenvalue weighted by molar-refractivity contribution is 7.09. The number of carbonyl (C=O) groups is 1. The topological polar surface area (TPSA) is 75.1 Å². The van der Waals surface area contributed by atoms with Crippen LogP contribution in [0.2, 0.25) is 0 Å². The van der Waals surface area contributed by atoms with E-state index >= 15 is 0 Å². The van der Waals surface area contributed by atoms with Gasteiger partial charge in [0.05, 0.1) is 6.54 Å². The molecule has 2 heterocycles. The molecule has 0 bridgehead atoms. The van der Waals surface area contributed by atoms with Gasteiger partial charge < -0.3 is 10.4 Å². The van der Waals surface area contributed by atoms with Gasteiger partial charge in [-0.25, -0.2) is 14.8 Å². The number of hydrogen-bond donors (Lipinski definition) is 2. The number of nitrogens with zero attached hydrogens (tertiary/aromatic N) is 2. The number of pyridine rings is 1. The summed E-state index contributed by atoms with van der Waals surface area (Å²) in [4.78, 5) is 19.9. The molecule has 0 unspecified atom stereocenters. The van der Waals surface area contributed by atoms with Crippen LogP contribution >= 0.6 is 11.3 Å². The second kappa shape index (κ2) is 5.36. The minimum atomic E-state index is -0.970. The monoisotopic (exact) mass is 277 g/mol. The fourth-order valence-corrected chi connectivity index (χ4v) is 2.59. The van der Waals surface area contributed by atoms with E-state index in [-0.39, 0.29) is 5.56 Å². The first-order valence-electron chi connectivity index (χ1n) is 5.84. The van der Waals surface area contributed by atoms with E-state index in [1.807, 2.05) is 19.2 Å². The molecule has 0 saturated carbocycles. The van der Waals surface area contributed by atoms with Crippen molar-refractivity contribution in [3.8, 4) is 0 Å². The molecule has 2 aromatic heterocycles. The molecule has 19 heavy (non-hydrogen) atoms. The highest BCUT2D eigenvalue weighted by Gasteiger charge is 2.15. The zero-order valence-corrected chi connectivity index (χ0v) is 11.8. The van der Waals surface area contributed by atoms with Gasteiger partial charge in [-0.1, -0.05) is 0 Å². The van der Waals surface area contributed by atoms with Crippen LogP contribution in [0.25, 0.3) is 0 Å². The number of nitrogens with one attached hydrogen (secondary N) is 1. The largest absolute Gasteiger partial charge is 0.478 e. The number of carboxylic acids is 1. The van der Waals surface area contributed by atoms with Crippen LogP contribution in [-0.2, 0) is 6.54 Å². The number of aromatic carboxylic acids is 1. The van der Waals surface area contributed by atoms with Crippen LogP contribution in [0.4, 0.5) is 5.82 Å². The smallest absolute Gasteiger partial charge is 0.339 e. The van der Waals surface area contributed by atoms with Crippen LogP contribution in [0, 0.1) is 20.8 Å². The molecule has 0 aliphatic carbocycles. The summed E-state index contributed by atoms with van der Waals surface area (Å²) in [5.74, 6) is -0.569. The summed E-state index contributed by atoms with van der Waals surface area (Å²) in [5, 5.41) is 15.2. The van der Waals surface area contributed by atoms with Gasteiger partial charge in [0.25, 0.3) is 0 Å². The number of aryl methyl sites for hydroxylation is 3. The second-order valence-electron chi connectivity index (χ2n) is 4.35. The Labute approximate surface area is 115 Å². The van der Waals surface area contributed by atoms with Crippen molar-refractivity contribution in [3.05, 3.63) is 39.0 Å². The molecule has 2 N–H and O–H groups in total. The molecule has 0 aliphatic heterocycles. The van der Waals surface area contributed by atoms with Crippen molar-refractivity contribution in [1.29, 1.82) is 0 Å². The summed E-state index contributed by atoms with van der Waals surface area (Å²) < 4.78 is 0. The van der Waals surface area contributed by atoms with Gasteiger partial charge >= 0.3 is 5.97 Å². The first-order chi connectivity index (χ1) is 8.97. The predicted molar refractivity (Wildman–Crippen MR) is 74.8 cm³/mol. The summed E-state index contributed by atoms with van der Waals surface area (Å²) in [6.07, 6.45) is 0. The Hall–Kier alpha value is -1.95. The third-order valence-electron chi connectivity index (χ3n) is 2.63. The number of rotatable bonds is 4. The SMILES string of the molecule is Cc1csc(CNc2nc(C)cc(C)c2C(=O)O)n1. The van der Waals surface area contributed by atoms with E-state index < -0.39 is 5.97 Å². The molecule has 0 aliphatic rings. The van der Waals surface area contributed by atoms with Crippen molar-refractivity contribution >= 4 is 23.1 Å². The third kappa shape index (κ3) is 3.08. The Morgan fingerprint density at radius 1 is 1.32 bits per heavy atom. The molecule has 100 valence electrons. The van der Waals surface area contributed by atoms with Crippen molar-refractivity contribution in [2.45, 2.75) is 27.3 Å². The number of anilines is 1. The van der Waals surface area contributed by atoms with E-state index in [9.17, 15) is 9.90 Å². The number of thiazole rings is 1. The Balaban J connectivity index is 2.26. The average molecular weight is 277 g/mol. The van der Waals surface area contributed by atoms with Crippen molar-refractivity contribution in [2.24, 2.45) is 0 Å². The third-order valence-corrected chi connectivity index (χ3v) is 3.60. The number of hydrogen-bond acceptors (Lipinski definition) is 5. The Kier molecular flexibility index (Phi) is 3.80.